The first kappa shape index (κ1) is 18.5. The number of anilines is 3. The maximum atomic E-state index is 13.4. The van der Waals surface area contributed by atoms with Crippen molar-refractivity contribution in [2.24, 2.45) is 0 Å². The molecule has 3 heterocycles. The van der Waals surface area contributed by atoms with Gasteiger partial charge in [-0.2, -0.15) is 15.1 Å². The molecule has 0 N–H and O–H groups in total. The van der Waals surface area contributed by atoms with E-state index in [2.05, 4.69) is 10.00 Å². The van der Waals surface area contributed by atoms with Gasteiger partial charge in [0, 0.05) is 25.8 Å². The Bertz CT molecular complexity index is 1160. The summed E-state index contributed by atoms with van der Waals surface area (Å²) in [5.74, 6) is 1.11. The molecule has 0 unspecified atom stereocenters. The van der Waals surface area contributed by atoms with Crippen molar-refractivity contribution in [3.05, 3.63) is 66.6 Å². The predicted octanol–water partition coefficient (Wildman–Crippen LogP) is 3.56. The van der Waals surface area contributed by atoms with Gasteiger partial charge in [-0.1, -0.05) is 18.2 Å². The maximum absolute atomic E-state index is 13.4. The van der Waals surface area contributed by atoms with Crippen LogP contribution in [0.15, 0.2) is 60.8 Å². The molecule has 0 atom stereocenters. The quantitative estimate of drug-likeness (QED) is 0.518. The lowest BCUT2D eigenvalue weighted by molar-refractivity contribution is 0.122. The summed E-state index contributed by atoms with van der Waals surface area (Å²) in [7, 11) is 1.94. The highest BCUT2D eigenvalue weighted by Crippen LogP contribution is 2.30. The van der Waals surface area contributed by atoms with Crippen molar-refractivity contribution < 1.29 is 9.13 Å². The number of fused-ring (bicyclic) bond motifs is 1. The van der Waals surface area contributed by atoms with Gasteiger partial charge in [0.25, 0.3) is 0 Å². The minimum Gasteiger partial charge on any atom is -0.378 e. The van der Waals surface area contributed by atoms with Crippen LogP contribution in [0.25, 0.3) is 16.7 Å². The van der Waals surface area contributed by atoms with Gasteiger partial charge in [0.2, 0.25) is 5.95 Å². The predicted molar refractivity (Wildman–Crippen MR) is 114 cm³/mol. The first-order valence-electron chi connectivity index (χ1n) is 9.84. The second-order valence-electron chi connectivity index (χ2n) is 7.11. The van der Waals surface area contributed by atoms with E-state index in [1.54, 1.807) is 23.0 Å². The molecule has 1 saturated heterocycles. The average molecular weight is 404 g/mol. The Morgan fingerprint density at radius 3 is 2.43 bits per heavy atom. The zero-order valence-electron chi connectivity index (χ0n) is 16.6. The number of nitrogens with zero attached hydrogens (tertiary/aromatic N) is 6. The third-order valence-electron chi connectivity index (χ3n) is 5.22. The fourth-order valence-corrected chi connectivity index (χ4v) is 3.59. The summed E-state index contributed by atoms with van der Waals surface area (Å²) in [5.41, 5.74) is 2.40. The molecule has 0 spiro atoms. The lowest BCUT2D eigenvalue weighted by Gasteiger charge is -2.29. The van der Waals surface area contributed by atoms with Gasteiger partial charge >= 0.3 is 0 Å². The van der Waals surface area contributed by atoms with Crippen LogP contribution in [0.5, 0.6) is 0 Å². The summed E-state index contributed by atoms with van der Waals surface area (Å²) < 4.78 is 20.7. The first-order valence-corrected chi connectivity index (χ1v) is 9.84. The SMILES string of the molecule is CN(c1ccccc1)c1nc(N2CCOCC2)c2cnn(-c3ccc(F)cc3)c2n1. The van der Waals surface area contributed by atoms with Crippen LogP contribution < -0.4 is 9.80 Å². The largest absolute Gasteiger partial charge is 0.378 e. The van der Waals surface area contributed by atoms with Gasteiger partial charge in [-0.3, -0.25) is 0 Å². The Balaban J connectivity index is 1.68. The Hall–Kier alpha value is -3.52. The number of para-hydroxylation sites is 1. The van der Waals surface area contributed by atoms with Crippen molar-refractivity contribution >= 4 is 28.5 Å². The van der Waals surface area contributed by atoms with Gasteiger partial charge in [0.1, 0.15) is 11.6 Å². The molecule has 1 fully saturated rings. The van der Waals surface area contributed by atoms with E-state index >= 15 is 0 Å². The van der Waals surface area contributed by atoms with Gasteiger partial charge in [-0.05, 0) is 36.4 Å². The third-order valence-corrected chi connectivity index (χ3v) is 5.22. The molecular formula is C22H21FN6O. The van der Waals surface area contributed by atoms with Crippen molar-refractivity contribution in [3.63, 3.8) is 0 Å². The van der Waals surface area contributed by atoms with Crippen molar-refractivity contribution in [1.82, 2.24) is 19.7 Å². The summed E-state index contributed by atoms with van der Waals surface area (Å²) in [6.07, 6.45) is 1.77. The molecule has 2 aromatic carbocycles. The average Bonchev–Trinajstić information content (AvgIpc) is 3.23. The number of ether oxygens (including phenoxy) is 1. The normalized spacial score (nSPS) is 14.3. The zero-order valence-corrected chi connectivity index (χ0v) is 16.6. The molecule has 152 valence electrons. The molecule has 0 amide bonds. The monoisotopic (exact) mass is 404 g/mol. The van der Waals surface area contributed by atoms with Crippen molar-refractivity contribution in [2.45, 2.75) is 0 Å². The Labute approximate surface area is 173 Å². The van der Waals surface area contributed by atoms with Crippen molar-refractivity contribution in [1.29, 1.82) is 0 Å². The minimum absolute atomic E-state index is 0.289. The standard InChI is InChI=1S/C22H21FN6O/c1-27(17-5-3-2-4-6-17)22-25-20(28-11-13-30-14-12-28)19-15-24-29(21(19)26-22)18-9-7-16(23)8-10-18/h2-10,15H,11-14H2,1H3. The Kier molecular flexibility index (Phi) is 4.76. The number of aromatic nitrogens is 4. The van der Waals surface area contributed by atoms with E-state index in [9.17, 15) is 4.39 Å². The molecule has 0 saturated carbocycles. The molecule has 1 aliphatic rings. The van der Waals surface area contributed by atoms with Crippen LogP contribution in [0.4, 0.5) is 21.8 Å². The van der Waals surface area contributed by atoms with E-state index in [4.69, 9.17) is 14.7 Å². The molecule has 8 heteroatoms. The van der Waals surface area contributed by atoms with Crippen LogP contribution in [-0.2, 0) is 4.74 Å². The Morgan fingerprint density at radius 1 is 0.967 bits per heavy atom. The fourth-order valence-electron chi connectivity index (χ4n) is 3.59. The van der Waals surface area contributed by atoms with Gasteiger partial charge in [0.15, 0.2) is 5.65 Å². The molecule has 0 bridgehead atoms. The fraction of sp³-hybridized carbons (Fsp3) is 0.227. The zero-order chi connectivity index (χ0) is 20.5. The van der Waals surface area contributed by atoms with Crippen molar-refractivity contribution in [3.8, 4) is 5.69 Å². The van der Waals surface area contributed by atoms with E-state index in [1.165, 1.54) is 12.1 Å². The number of rotatable bonds is 4. The van der Waals surface area contributed by atoms with Crippen LogP contribution in [-0.4, -0.2) is 53.1 Å². The Morgan fingerprint density at radius 2 is 1.70 bits per heavy atom. The molecule has 30 heavy (non-hydrogen) atoms. The molecule has 1 aliphatic heterocycles. The lowest BCUT2D eigenvalue weighted by atomic mass is 10.3. The summed E-state index contributed by atoms with van der Waals surface area (Å²) in [5, 5.41) is 5.39. The molecular weight excluding hydrogens is 383 g/mol. The number of benzene rings is 2. The van der Waals surface area contributed by atoms with E-state index in [1.807, 2.05) is 42.3 Å². The van der Waals surface area contributed by atoms with Gasteiger partial charge in [0.05, 0.1) is 30.5 Å². The van der Waals surface area contributed by atoms with Gasteiger partial charge in [-0.15, -0.1) is 0 Å². The van der Waals surface area contributed by atoms with Crippen LogP contribution in [0.2, 0.25) is 0 Å². The second kappa shape index (κ2) is 7.72. The highest BCUT2D eigenvalue weighted by Gasteiger charge is 2.22. The van der Waals surface area contributed by atoms with Crippen LogP contribution in [0.3, 0.4) is 0 Å². The molecule has 0 radical (unpaired) electrons. The molecule has 7 nitrogen and oxygen atoms in total. The van der Waals surface area contributed by atoms with Crippen molar-refractivity contribution in [2.75, 3.05) is 43.2 Å². The maximum Gasteiger partial charge on any atom is 0.233 e. The van der Waals surface area contributed by atoms with E-state index in [0.29, 0.717) is 24.8 Å². The second-order valence-corrected chi connectivity index (χ2v) is 7.11. The molecule has 5 rings (SSSR count). The smallest absolute Gasteiger partial charge is 0.233 e. The summed E-state index contributed by atoms with van der Waals surface area (Å²) in [6, 6.07) is 16.2. The lowest BCUT2D eigenvalue weighted by Crippen LogP contribution is -2.37. The van der Waals surface area contributed by atoms with Crippen LogP contribution in [0, 0.1) is 5.82 Å². The number of hydrogen-bond donors (Lipinski definition) is 0. The first-order chi connectivity index (χ1) is 14.7. The number of morpholine rings is 1. The van der Waals surface area contributed by atoms with E-state index < -0.39 is 0 Å². The summed E-state index contributed by atoms with van der Waals surface area (Å²) in [4.78, 5) is 13.9. The summed E-state index contributed by atoms with van der Waals surface area (Å²) in [6.45, 7) is 2.81. The molecule has 4 aromatic rings. The van der Waals surface area contributed by atoms with E-state index in [-0.39, 0.29) is 5.82 Å². The third kappa shape index (κ3) is 3.35. The molecule has 2 aromatic heterocycles. The van der Waals surface area contributed by atoms with E-state index in [0.717, 1.165) is 35.7 Å². The topological polar surface area (TPSA) is 59.3 Å². The highest BCUT2D eigenvalue weighted by atomic mass is 19.1. The number of hydrogen-bond acceptors (Lipinski definition) is 6. The summed E-state index contributed by atoms with van der Waals surface area (Å²) >= 11 is 0. The number of halogens is 1. The minimum atomic E-state index is -0.289. The van der Waals surface area contributed by atoms with Crippen LogP contribution in [0.1, 0.15) is 0 Å². The van der Waals surface area contributed by atoms with Crippen LogP contribution >= 0.6 is 0 Å². The molecule has 0 aliphatic carbocycles. The highest BCUT2D eigenvalue weighted by molar-refractivity contribution is 5.89. The van der Waals surface area contributed by atoms with Gasteiger partial charge in [-0.25, -0.2) is 9.07 Å². The van der Waals surface area contributed by atoms with Gasteiger partial charge < -0.3 is 14.5 Å².